The van der Waals surface area contributed by atoms with E-state index in [1.54, 1.807) is 33.9 Å². The molecule has 1 atom stereocenters. The molecule has 0 bridgehead atoms. The lowest BCUT2D eigenvalue weighted by Gasteiger charge is -2.21. The van der Waals surface area contributed by atoms with Crippen LogP contribution in [0.5, 0.6) is 0 Å². The molecule has 1 amide bonds. The summed E-state index contributed by atoms with van der Waals surface area (Å²) in [5.74, 6) is -0.220. The zero-order valence-electron chi connectivity index (χ0n) is 16.4. The van der Waals surface area contributed by atoms with Crippen LogP contribution < -0.4 is 10.6 Å². The van der Waals surface area contributed by atoms with Crippen molar-refractivity contribution in [1.82, 2.24) is 15.6 Å². The molecule has 0 fully saturated rings. The van der Waals surface area contributed by atoms with Gasteiger partial charge in [0, 0.05) is 24.0 Å². The molecule has 1 heterocycles. The molecule has 0 saturated carbocycles. The first kappa shape index (κ1) is 21.1. The maximum absolute atomic E-state index is 12.5. The van der Waals surface area contributed by atoms with Crippen molar-refractivity contribution in [3.63, 3.8) is 0 Å². The Balaban J connectivity index is 2.31. The number of benzene rings is 1. The van der Waals surface area contributed by atoms with E-state index in [1.165, 1.54) is 12.3 Å². The van der Waals surface area contributed by atoms with E-state index in [1.807, 2.05) is 19.1 Å². The number of nitrogens with zero attached hydrogens (tertiary/aromatic N) is 1. The number of nitrogens with one attached hydrogen (secondary N) is 2. The Morgan fingerprint density at radius 3 is 2.59 bits per heavy atom. The topological polar surface area (TPSA) is 97.4 Å². The third-order valence-corrected chi connectivity index (χ3v) is 5.61. The van der Waals surface area contributed by atoms with Crippen molar-refractivity contribution in [3.05, 3.63) is 36.0 Å². The largest absolute Gasteiger partial charge is 0.444 e. The molecule has 1 aromatic carbocycles. The number of fused-ring (bicyclic) bond motifs is 1. The minimum atomic E-state index is -3.47. The minimum Gasteiger partial charge on any atom is -0.444 e. The standard InChI is InChI=1S/C19H27N3O4S/c1-13(11-22-18(23)26-19(2,3)4)14-7-6-8-15-16(9-10-21-17(14)15)27(24,25)12-20-5/h6-10,13,20H,11-12H2,1-5H3,(H,22,23)/t13-/m0/s1. The van der Waals surface area contributed by atoms with Crippen molar-refractivity contribution >= 4 is 26.8 Å². The van der Waals surface area contributed by atoms with Gasteiger partial charge in [0.25, 0.3) is 0 Å². The molecule has 27 heavy (non-hydrogen) atoms. The lowest BCUT2D eigenvalue weighted by Crippen LogP contribution is -2.34. The molecular formula is C19H27N3O4S. The molecular weight excluding hydrogens is 366 g/mol. The first-order chi connectivity index (χ1) is 12.5. The molecule has 0 spiro atoms. The van der Waals surface area contributed by atoms with Crippen LogP contribution in [-0.4, -0.2) is 44.6 Å². The van der Waals surface area contributed by atoms with E-state index in [0.29, 0.717) is 17.4 Å². The van der Waals surface area contributed by atoms with Gasteiger partial charge in [0.1, 0.15) is 11.5 Å². The average molecular weight is 394 g/mol. The first-order valence-electron chi connectivity index (χ1n) is 8.77. The fourth-order valence-corrected chi connectivity index (χ4v) is 4.07. The number of amides is 1. The smallest absolute Gasteiger partial charge is 0.407 e. The van der Waals surface area contributed by atoms with Gasteiger partial charge < -0.3 is 15.4 Å². The fourth-order valence-electron chi connectivity index (χ4n) is 2.77. The highest BCUT2D eigenvalue weighted by molar-refractivity contribution is 7.91. The van der Waals surface area contributed by atoms with Crippen LogP contribution in [0, 0.1) is 0 Å². The van der Waals surface area contributed by atoms with E-state index in [4.69, 9.17) is 4.74 Å². The van der Waals surface area contributed by atoms with Crippen molar-refractivity contribution < 1.29 is 17.9 Å². The summed E-state index contributed by atoms with van der Waals surface area (Å²) < 4.78 is 30.3. The van der Waals surface area contributed by atoms with Gasteiger partial charge in [0.15, 0.2) is 9.84 Å². The third-order valence-electron chi connectivity index (χ3n) is 3.91. The van der Waals surface area contributed by atoms with Crippen LogP contribution in [0.3, 0.4) is 0 Å². The molecule has 0 saturated heterocycles. The summed E-state index contributed by atoms with van der Waals surface area (Å²) >= 11 is 0. The maximum Gasteiger partial charge on any atom is 0.407 e. The van der Waals surface area contributed by atoms with Crippen LogP contribution in [0.25, 0.3) is 10.9 Å². The highest BCUT2D eigenvalue weighted by Crippen LogP contribution is 2.28. The summed E-state index contributed by atoms with van der Waals surface area (Å²) in [6, 6.07) is 6.97. The minimum absolute atomic E-state index is 0.0732. The van der Waals surface area contributed by atoms with E-state index in [2.05, 4.69) is 15.6 Å². The Bertz CT molecular complexity index is 920. The fraction of sp³-hybridized carbons (Fsp3) is 0.474. The number of para-hydroxylation sites is 1. The van der Waals surface area contributed by atoms with Crippen molar-refractivity contribution in [3.8, 4) is 0 Å². The SMILES string of the molecule is CNCS(=O)(=O)c1ccnc2c([C@@H](C)CNC(=O)OC(C)(C)C)cccc12. The van der Waals surface area contributed by atoms with Gasteiger partial charge in [0.2, 0.25) is 0 Å². The van der Waals surface area contributed by atoms with Crippen LogP contribution >= 0.6 is 0 Å². The Morgan fingerprint density at radius 2 is 1.96 bits per heavy atom. The number of aromatic nitrogens is 1. The number of rotatable bonds is 6. The summed E-state index contributed by atoms with van der Waals surface area (Å²) in [4.78, 5) is 16.5. The molecule has 2 aromatic rings. The van der Waals surface area contributed by atoms with Crippen molar-refractivity contribution in [2.45, 2.75) is 44.1 Å². The van der Waals surface area contributed by atoms with Crippen LogP contribution in [-0.2, 0) is 14.6 Å². The van der Waals surface area contributed by atoms with Gasteiger partial charge in [-0.15, -0.1) is 0 Å². The van der Waals surface area contributed by atoms with Gasteiger partial charge in [0.05, 0.1) is 10.4 Å². The van der Waals surface area contributed by atoms with Gasteiger partial charge in [-0.3, -0.25) is 4.98 Å². The van der Waals surface area contributed by atoms with E-state index in [9.17, 15) is 13.2 Å². The van der Waals surface area contributed by atoms with Crippen molar-refractivity contribution in [1.29, 1.82) is 0 Å². The van der Waals surface area contributed by atoms with Gasteiger partial charge in [-0.1, -0.05) is 25.1 Å². The first-order valence-corrected chi connectivity index (χ1v) is 10.4. The Kier molecular flexibility index (Phi) is 6.43. The summed E-state index contributed by atoms with van der Waals surface area (Å²) in [5.41, 5.74) is 0.920. The van der Waals surface area contributed by atoms with Crippen LogP contribution in [0.1, 0.15) is 39.2 Å². The number of hydrogen-bond acceptors (Lipinski definition) is 6. The Labute approximate surface area is 160 Å². The Morgan fingerprint density at radius 1 is 1.26 bits per heavy atom. The zero-order chi connectivity index (χ0) is 20.2. The predicted octanol–water partition coefficient (Wildman–Crippen LogP) is 2.81. The number of carbonyl (C=O) groups is 1. The van der Waals surface area contributed by atoms with Crippen LogP contribution in [0.15, 0.2) is 35.4 Å². The lowest BCUT2D eigenvalue weighted by molar-refractivity contribution is 0.0525. The van der Waals surface area contributed by atoms with E-state index in [-0.39, 0.29) is 16.7 Å². The predicted molar refractivity (Wildman–Crippen MR) is 106 cm³/mol. The normalized spacial score (nSPS) is 13.4. The highest BCUT2D eigenvalue weighted by atomic mass is 32.2. The zero-order valence-corrected chi connectivity index (χ0v) is 17.2. The van der Waals surface area contributed by atoms with E-state index < -0.39 is 21.5 Å². The van der Waals surface area contributed by atoms with E-state index in [0.717, 1.165) is 5.56 Å². The molecule has 2 N–H and O–H groups in total. The van der Waals surface area contributed by atoms with Gasteiger partial charge in [-0.05, 0) is 39.4 Å². The molecule has 148 valence electrons. The quantitative estimate of drug-likeness (QED) is 0.783. The molecule has 1 aromatic heterocycles. The molecule has 0 aliphatic rings. The monoisotopic (exact) mass is 393 g/mol. The van der Waals surface area contributed by atoms with E-state index >= 15 is 0 Å². The second kappa shape index (κ2) is 8.22. The number of sulfone groups is 1. The molecule has 0 aliphatic heterocycles. The summed E-state index contributed by atoms with van der Waals surface area (Å²) in [6.07, 6.45) is 1.02. The van der Waals surface area contributed by atoms with Gasteiger partial charge >= 0.3 is 6.09 Å². The lowest BCUT2D eigenvalue weighted by atomic mass is 9.98. The van der Waals surface area contributed by atoms with Crippen molar-refractivity contribution in [2.24, 2.45) is 0 Å². The molecule has 0 radical (unpaired) electrons. The highest BCUT2D eigenvalue weighted by Gasteiger charge is 2.21. The summed E-state index contributed by atoms with van der Waals surface area (Å²) in [7, 11) is -1.87. The van der Waals surface area contributed by atoms with Crippen molar-refractivity contribution in [2.75, 3.05) is 19.5 Å². The number of ether oxygens (including phenoxy) is 1. The number of carbonyl (C=O) groups excluding carboxylic acids is 1. The van der Waals surface area contributed by atoms with Gasteiger partial charge in [-0.25, -0.2) is 13.2 Å². The molecule has 0 aliphatic carbocycles. The second-order valence-electron chi connectivity index (χ2n) is 7.45. The second-order valence-corrected chi connectivity index (χ2v) is 9.41. The number of pyridine rings is 1. The Hall–Kier alpha value is -2.19. The molecule has 2 rings (SSSR count). The summed E-state index contributed by atoms with van der Waals surface area (Å²) in [6.45, 7) is 7.71. The van der Waals surface area contributed by atoms with Gasteiger partial charge in [-0.2, -0.15) is 0 Å². The molecule has 7 nitrogen and oxygen atoms in total. The summed E-state index contributed by atoms with van der Waals surface area (Å²) in [5, 5.41) is 6.02. The molecule has 0 unspecified atom stereocenters. The maximum atomic E-state index is 12.5. The van der Waals surface area contributed by atoms with Crippen LogP contribution in [0.4, 0.5) is 4.79 Å². The van der Waals surface area contributed by atoms with Crippen LogP contribution in [0.2, 0.25) is 0 Å². The average Bonchev–Trinajstić information content (AvgIpc) is 2.57. The molecule has 8 heteroatoms. The number of alkyl carbamates (subject to hydrolysis) is 1. The third kappa shape index (κ3) is 5.40. The number of hydrogen-bond donors (Lipinski definition) is 2.